The highest BCUT2D eigenvalue weighted by Crippen LogP contribution is 2.33. The van der Waals surface area contributed by atoms with E-state index in [1.807, 2.05) is 0 Å². The van der Waals surface area contributed by atoms with Gasteiger partial charge in [-0.1, -0.05) is 22.9 Å². The Morgan fingerprint density at radius 3 is 2.76 bits per heavy atom. The van der Waals surface area contributed by atoms with Crippen LogP contribution < -0.4 is 4.90 Å². The van der Waals surface area contributed by atoms with Crippen LogP contribution >= 0.6 is 27.3 Å². The van der Waals surface area contributed by atoms with Crippen LogP contribution in [0.5, 0.6) is 0 Å². The summed E-state index contributed by atoms with van der Waals surface area (Å²) in [5.41, 5.74) is 1.30. The van der Waals surface area contributed by atoms with Gasteiger partial charge in [0.2, 0.25) is 0 Å². The lowest BCUT2D eigenvalue weighted by Crippen LogP contribution is -2.25. The molecule has 1 unspecified atom stereocenters. The van der Waals surface area contributed by atoms with E-state index >= 15 is 0 Å². The summed E-state index contributed by atoms with van der Waals surface area (Å²) >= 11 is 5.32. The number of anilines is 1. The fourth-order valence-electron chi connectivity index (χ4n) is 1.92. The van der Waals surface area contributed by atoms with Crippen molar-refractivity contribution in [3.63, 3.8) is 0 Å². The van der Waals surface area contributed by atoms with Gasteiger partial charge >= 0.3 is 0 Å². The van der Waals surface area contributed by atoms with Crippen LogP contribution in [0.15, 0.2) is 6.33 Å². The molecule has 0 bridgehead atoms. The van der Waals surface area contributed by atoms with Crippen LogP contribution in [0.1, 0.15) is 17.4 Å². The highest BCUT2D eigenvalue weighted by molar-refractivity contribution is 9.09. The van der Waals surface area contributed by atoms with Crippen molar-refractivity contribution in [2.45, 2.75) is 25.6 Å². The van der Waals surface area contributed by atoms with Crippen molar-refractivity contribution in [3.05, 3.63) is 16.8 Å². The zero-order valence-electron chi connectivity index (χ0n) is 10.5. The van der Waals surface area contributed by atoms with Gasteiger partial charge in [0.25, 0.3) is 0 Å². The van der Waals surface area contributed by atoms with Gasteiger partial charge in [0, 0.05) is 23.3 Å². The smallest absolute Gasteiger partial charge is 0.140 e. The minimum Gasteiger partial charge on any atom is -0.358 e. The molecule has 0 radical (unpaired) electrons. The van der Waals surface area contributed by atoms with E-state index < -0.39 is 0 Å². The summed E-state index contributed by atoms with van der Waals surface area (Å²) in [6, 6.07) is 0. The van der Waals surface area contributed by atoms with Gasteiger partial charge in [-0.25, -0.2) is 9.97 Å². The van der Waals surface area contributed by atoms with E-state index in [2.05, 4.69) is 58.6 Å². The fraction of sp³-hybridized carbons (Fsp3) is 0.500. The van der Waals surface area contributed by atoms with Gasteiger partial charge in [-0.3, -0.25) is 0 Å². The maximum absolute atomic E-state index is 4.43. The van der Waals surface area contributed by atoms with Crippen molar-refractivity contribution in [1.82, 2.24) is 9.97 Å². The van der Waals surface area contributed by atoms with Crippen LogP contribution in [-0.2, 0) is 0 Å². The number of fused-ring (bicyclic) bond motifs is 1. The Kier molecular flexibility index (Phi) is 3.68. The maximum atomic E-state index is 4.43. The predicted molar refractivity (Wildman–Crippen MR) is 78.5 cm³/mol. The zero-order chi connectivity index (χ0) is 12.6. The number of rotatable bonds is 3. The normalized spacial score (nSPS) is 13.0. The standard InChI is InChI=1S/C12H16BrN3S/c1-7(13)5-16(4)11-10-8(2)9(3)17-12(10)15-6-14-11/h6-7H,5H2,1-4H3. The second-order valence-corrected chi connectivity index (χ2v) is 7.09. The Balaban J connectivity index is 2.53. The van der Waals surface area contributed by atoms with Crippen LogP contribution in [-0.4, -0.2) is 28.4 Å². The molecule has 0 saturated heterocycles. The molecule has 3 nitrogen and oxygen atoms in total. The van der Waals surface area contributed by atoms with Crippen molar-refractivity contribution in [2.24, 2.45) is 0 Å². The van der Waals surface area contributed by atoms with Gasteiger partial charge in [-0.05, 0) is 19.4 Å². The van der Waals surface area contributed by atoms with Gasteiger partial charge in [0.1, 0.15) is 17.0 Å². The molecule has 0 saturated carbocycles. The number of nitrogens with zero attached hydrogens (tertiary/aromatic N) is 3. The van der Waals surface area contributed by atoms with Crippen molar-refractivity contribution in [2.75, 3.05) is 18.5 Å². The lowest BCUT2D eigenvalue weighted by atomic mass is 10.2. The Hall–Kier alpha value is -0.680. The molecule has 0 amide bonds. The molecule has 2 aromatic heterocycles. The summed E-state index contributed by atoms with van der Waals surface area (Å²) in [6.07, 6.45) is 1.66. The lowest BCUT2D eigenvalue weighted by Gasteiger charge is -2.20. The number of aryl methyl sites for hydroxylation is 2. The summed E-state index contributed by atoms with van der Waals surface area (Å²) in [5, 5.41) is 1.20. The highest BCUT2D eigenvalue weighted by Gasteiger charge is 2.15. The van der Waals surface area contributed by atoms with Crippen molar-refractivity contribution in [1.29, 1.82) is 0 Å². The molecule has 0 fully saturated rings. The quantitative estimate of drug-likeness (QED) is 0.812. The number of halogens is 1. The monoisotopic (exact) mass is 313 g/mol. The SMILES string of the molecule is Cc1sc2ncnc(N(C)CC(C)Br)c2c1C. The Morgan fingerprint density at radius 2 is 2.12 bits per heavy atom. The van der Waals surface area contributed by atoms with E-state index in [0.717, 1.165) is 17.2 Å². The summed E-state index contributed by atoms with van der Waals surface area (Å²) in [4.78, 5) is 13.8. The van der Waals surface area contributed by atoms with E-state index in [-0.39, 0.29) is 0 Å². The van der Waals surface area contributed by atoms with Crippen molar-refractivity contribution >= 4 is 43.3 Å². The molecular weight excluding hydrogens is 298 g/mol. The second-order valence-electron chi connectivity index (χ2n) is 4.32. The van der Waals surface area contributed by atoms with Crippen LogP contribution in [0, 0.1) is 13.8 Å². The van der Waals surface area contributed by atoms with Crippen molar-refractivity contribution in [3.8, 4) is 0 Å². The third-order valence-electron chi connectivity index (χ3n) is 2.83. The number of thiophene rings is 1. The van der Waals surface area contributed by atoms with Gasteiger partial charge in [-0.15, -0.1) is 11.3 Å². The van der Waals surface area contributed by atoms with Crippen molar-refractivity contribution < 1.29 is 0 Å². The van der Waals surface area contributed by atoms with Gasteiger partial charge in [-0.2, -0.15) is 0 Å². The lowest BCUT2D eigenvalue weighted by molar-refractivity contribution is 0.862. The second kappa shape index (κ2) is 4.90. The Labute approximate surface area is 114 Å². The van der Waals surface area contributed by atoms with E-state index in [4.69, 9.17) is 0 Å². The van der Waals surface area contributed by atoms with Gasteiger partial charge < -0.3 is 4.90 Å². The molecule has 0 aliphatic heterocycles. The van der Waals surface area contributed by atoms with Gasteiger partial charge in [0.15, 0.2) is 0 Å². The number of alkyl halides is 1. The molecule has 0 aliphatic rings. The number of aromatic nitrogens is 2. The largest absolute Gasteiger partial charge is 0.358 e. The highest BCUT2D eigenvalue weighted by atomic mass is 79.9. The van der Waals surface area contributed by atoms with E-state index in [0.29, 0.717) is 4.83 Å². The predicted octanol–water partition coefficient (Wildman–Crippen LogP) is 3.53. The third kappa shape index (κ3) is 2.45. The Bertz CT molecular complexity index is 536. The molecule has 0 spiro atoms. The number of hydrogen-bond donors (Lipinski definition) is 0. The molecule has 0 aromatic carbocycles. The first-order valence-corrected chi connectivity index (χ1v) is 7.29. The average Bonchev–Trinajstić information content (AvgIpc) is 2.54. The molecule has 1 atom stereocenters. The first-order valence-electron chi connectivity index (χ1n) is 5.56. The maximum Gasteiger partial charge on any atom is 0.140 e. The van der Waals surface area contributed by atoms with Crippen LogP contribution in [0.2, 0.25) is 0 Å². The first kappa shape index (κ1) is 12.8. The first-order chi connectivity index (χ1) is 8.00. The summed E-state index contributed by atoms with van der Waals surface area (Å²) in [6.45, 7) is 7.35. The fourth-order valence-corrected chi connectivity index (χ4v) is 3.34. The minimum atomic E-state index is 0.442. The molecule has 17 heavy (non-hydrogen) atoms. The summed E-state index contributed by atoms with van der Waals surface area (Å²) in [5.74, 6) is 1.03. The molecule has 2 heterocycles. The average molecular weight is 314 g/mol. The van der Waals surface area contributed by atoms with Crippen LogP contribution in [0.3, 0.4) is 0 Å². The minimum absolute atomic E-state index is 0.442. The topological polar surface area (TPSA) is 29.0 Å². The molecule has 2 aromatic rings. The molecule has 0 aliphatic carbocycles. The van der Waals surface area contributed by atoms with E-state index in [9.17, 15) is 0 Å². The van der Waals surface area contributed by atoms with Crippen LogP contribution in [0.25, 0.3) is 10.2 Å². The molecule has 0 N–H and O–H groups in total. The van der Waals surface area contributed by atoms with E-state index in [1.165, 1.54) is 15.8 Å². The van der Waals surface area contributed by atoms with Crippen LogP contribution in [0.4, 0.5) is 5.82 Å². The number of hydrogen-bond acceptors (Lipinski definition) is 4. The molecular formula is C12H16BrN3S. The van der Waals surface area contributed by atoms with Gasteiger partial charge in [0.05, 0.1) is 5.39 Å². The zero-order valence-corrected chi connectivity index (χ0v) is 12.9. The molecule has 2 rings (SSSR count). The summed E-state index contributed by atoms with van der Waals surface area (Å²) in [7, 11) is 2.08. The Morgan fingerprint density at radius 1 is 1.41 bits per heavy atom. The molecule has 92 valence electrons. The summed E-state index contributed by atoms with van der Waals surface area (Å²) < 4.78 is 0. The van der Waals surface area contributed by atoms with E-state index in [1.54, 1.807) is 17.7 Å². The third-order valence-corrected chi connectivity index (χ3v) is 4.24. The molecule has 5 heteroatoms.